The van der Waals surface area contributed by atoms with Crippen LogP contribution in [-0.4, -0.2) is 53.2 Å². The number of nitrogens with zero attached hydrogens (tertiary/aromatic N) is 2. The van der Waals surface area contributed by atoms with Crippen molar-refractivity contribution in [1.82, 2.24) is 14.8 Å². The van der Waals surface area contributed by atoms with Crippen LogP contribution in [-0.2, 0) is 22.6 Å². The molecule has 0 spiro atoms. The standard InChI is InChI=1S/C27H32BrN3O4/c1-18(2)35-13-7-12-29-26(33)27(3)17-30-22-9-6-5-8-19(22)15-23(30)25(32)31(27)16-20-14-21(28)10-11-24(20)34-4/h5-6,8-11,14-15,18H,7,12-13,16-17H2,1-4H3,(H,29,33)/t27-/m1/s1. The highest BCUT2D eigenvalue weighted by Crippen LogP contribution is 2.35. The third kappa shape index (κ3) is 5.09. The molecule has 0 radical (unpaired) electrons. The van der Waals surface area contributed by atoms with Gasteiger partial charge in [0, 0.05) is 34.1 Å². The van der Waals surface area contributed by atoms with Gasteiger partial charge in [-0.05, 0) is 57.5 Å². The first kappa shape index (κ1) is 25.3. The molecular weight excluding hydrogens is 510 g/mol. The van der Waals surface area contributed by atoms with Gasteiger partial charge in [0.1, 0.15) is 17.0 Å². The van der Waals surface area contributed by atoms with E-state index in [1.165, 1.54) is 0 Å². The zero-order valence-corrected chi connectivity index (χ0v) is 22.2. The Balaban J connectivity index is 1.69. The zero-order chi connectivity index (χ0) is 25.2. The Hall–Kier alpha value is -2.84. The van der Waals surface area contributed by atoms with E-state index in [2.05, 4.69) is 21.2 Å². The molecule has 1 aromatic heterocycles. The van der Waals surface area contributed by atoms with E-state index in [9.17, 15) is 9.59 Å². The zero-order valence-electron chi connectivity index (χ0n) is 20.6. The number of hydrogen-bond donors (Lipinski definition) is 1. The molecule has 8 heteroatoms. The second-order valence-corrected chi connectivity index (χ2v) is 10.2. The minimum atomic E-state index is -1.10. The summed E-state index contributed by atoms with van der Waals surface area (Å²) < 4.78 is 14.0. The minimum absolute atomic E-state index is 0.148. The molecule has 0 saturated carbocycles. The van der Waals surface area contributed by atoms with Gasteiger partial charge >= 0.3 is 0 Å². The molecule has 35 heavy (non-hydrogen) atoms. The molecule has 0 bridgehead atoms. The number of ether oxygens (including phenoxy) is 2. The number of fused-ring (bicyclic) bond motifs is 3. The van der Waals surface area contributed by atoms with Gasteiger partial charge < -0.3 is 24.3 Å². The summed E-state index contributed by atoms with van der Waals surface area (Å²) in [6, 6.07) is 15.5. The van der Waals surface area contributed by atoms with E-state index in [4.69, 9.17) is 9.47 Å². The Morgan fingerprint density at radius 2 is 1.97 bits per heavy atom. The van der Waals surface area contributed by atoms with Crippen LogP contribution < -0.4 is 10.1 Å². The average Bonchev–Trinajstić information content (AvgIpc) is 3.20. The van der Waals surface area contributed by atoms with Gasteiger partial charge in [0.05, 0.1) is 26.3 Å². The smallest absolute Gasteiger partial charge is 0.271 e. The minimum Gasteiger partial charge on any atom is -0.496 e. The van der Waals surface area contributed by atoms with Crippen LogP contribution in [0.25, 0.3) is 10.9 Å². The molecule has 0 unspecified atom stereocenters. The molecule has 7 nitrogen and oxygen atoms in total. The number of carbonyl (C=O) groups excluding carboxylic acids is 2. The third-order valence-electron chi connectivity index (χ3n) is 6.45. The predicted molar refractivity (Wildman–Crippen MR) is 140 cm³/mol. The summed E-state index contributed by atoms with van der Waals surface area (Å²) in [4.78, 5) is 29.2. The van der Waals surface area contributed by atoms with Gasteiger partial charge in [-0.15, -0.1) is 0 Å². The molecule has 4 rings (SSSR count). The van der Waals surface area contributed by atoms with Crippen molar-refractivity contribution in [3.05, 3.63) is 64.3 Å². The van der Waals surface area contributed by atoms with Crippen LogP contribution in [0.4, 0.5) is 0 Å². The first-order valence-electron chi connectivity index (χ1n) is 11.9. The molecule has 0 fully saturated rings. The Bertz CT molecular complexity index is 1240. The van der Waals surface area contributed by atoms with Crippen molar-refractivity contribution in [3.63, 3.8) is 0 Å². The summed E-state index contributed by atoms with van der Waals surface area (Å²) in [6.07, 6.45) is 0.848. The predicted octanol–water partition coefficient (Wildman–Crippen LogP) is 4.76. The molecule has 0 aliphatic carbocycles. The van der Waals surface area contributed by atoms with Gasteiger partial charge in [0.2, 0.25) is 5.91 Å². The molecule has 2 heterocycles. The second-order valence-electron chi connectivity index (χ2n) is 9.32. The van der Waals surface area contributed by atoms with Crippen molar-refractivity contribution in [2.75, 3.05) is 20.3 Å². The van der Waals surface area contributed by atoms with Gasteiger partial charge in [-0.3, -0.25) is 9.59 Å². The van der Waals surface area contributed by atoms with Crippen molar-refractivity contribution in [3.8, 4) is 5.75 Å². The largest absolute Gasteiger partial charge is 0.496 e. The number of benzene rings is 2. The number of carbonyl (C=O) groups is 2. The molecule has 1 aliphatic rings. The van der Waals surface area contributed by atoms with E-state index < -0.39 is 5.54 Å². The molecule has 1 atom stereocenters. The maximum absolute atomic E-state index is 13.9. The Morgan fingerprint density at radius 1 is 1.20 bits per heavy atom. The molecule has 3 aromatic rings. The van der Waals surface area contributed by atoms with E-state index >= 15 is 0 Å². The molecule has 186 valence electrons. The molecule has 0 saturated heterocycles. The molecule has 2 amide bonds. The van der Waals surface area contributed by atoms with E-state index in [-0.39, 0.29) is 24.5 Å². The van der Waals surface area contributed by atoms with Gasteiger partial charge in [-0.2, -0.15) is 0 Å². The fourth-order valence-electron chi connectivity index (χ4n) is 4.58. The summed E-state index contributed by atoms with van der Waals surface area (Å²) in [6.45, 7) is 7.45. The topological polar surface area (TPSA) is 72.8 Å². The molecular formula is C27H32BrN3O4. The van der Waals surface area contributed by atoms with Gasteiger partial charge in [-0.25, -0.2) is 0 Å². The van der Waals surface area contributed by atoms with E-state index in [0.717, 1.165) is 20.9 Å². The summed E-state index contributed by atoms with van der Waals surface area (Å²) in [5, 5.41) is 4.03. The summed E-state index contributed by atoms with van der Waals surface area (Å²) in [5.74, 6) is 0.295. The van der Waals surface area contributed by atoms with Crippen LogP contribution in [0.5, 0.6) is 5.75 Å². The van der Waals surface area contributed by atoms with Crippen LogP contribution in [0.1, 0.15) is 43.2 Å². The Morgan fingerprint density at radius 3 is 2.71 bits per heavy atom. The molecule has 1 N–H and O–H groups in total. The highest BCUT2D eigenvalue weighted by atomic mass is 79.9. The van der Waals surface area contributed by atoms with E-state index in [1.807, 2.05) is 73.9 Å². The lowest BCUT2D eigenvalue weighted by atomic mass is 9.93. The normalized spacial score (nSPS) is 17.7. The van der Waals surface area contributed by atoms with E-state index in [1.54, 1.807) is 12.0 Å². The first-order chi connectivity index (χ1) is 16.7. The number of hydrogen-bond acceptors (Lipinski definition) is 4. The maximum atomic E-state index is 13.9. The number of para-hydroxylation sites is 1. The van der Waals surface area contributed by atoms with Gasteiger partial charge in [0.15, 0.2) is 0 Å². The first-order valence-corrected chi connectivity index (χ1v) is 12.7. The third-order valence-corrected chi connectivity index (χ3v) is 6.95. The summed E-state index contributed by atoms with van der Waals surface area (Å²) in [7, 11) is 1.60. The molecule has 2 aromatic carbocycles. The summed E-state index contributed by atoms with van der Waals surface area (Å²) in [5.41, 5.74) is 1.25. The van der Waals surface area contributed by atoms with Gasteiger partial charge in [-0.1, -0.05) is 34.1 Å². The lowest BCUT2D eigenvalue weighted by molar-refractivity contribution is -0.133. The SMILES string of the molecule is COc1ccc(Br)cc1CN1C(=O)c2cc3ccccc3n2C[C@]1(C)C(=O)NCCCOC(C)C. The van der Waals surface area contributed by atoms with Crippen molar-refractivity contribution < 1.29 is 19.1 Å². The summed E-state index contributed by atoms with van der Waals surface area (Å²) >= 11 is 3.52. The number of methoxy groups -OCH3 is 1. The van der Waals surface area contributed by atoms with Crippen molar-refractivity contribution in [2.45, 2.75) is 51.9 Å². The maximum Gasteiger partial charge on any atom is 0.271 e. The Kier molecular flexibility index (Phi) is 7.52. The highest BCUT2D eigenvalue weighted by Gasteiger charge is 2.47. The highest BCUT2D eigenvalue weighted by molar-refractivity contribution is 9.10. The van der Waals surface area contributed by atoms with Crippen molar-refractivity contribution in [2.24, 2.45) is 0 Å². The quantitative estimate of drug-likeness (QED) is 0.396. The number of aromatic nitrogens is 1. The van der Waals surface area contributed by atoms with Crippen molar-refractivity contribution >= 4 is 38.6 Å². The van der Waals surface area contributed by atoms with Crippen LogP contribution >= 0.6 is 15.9 Å². The second kappa shape index (κ2) is 10.4. The lowest BCUT2D eigenvalue weighted by Crippen LogP contribution is -2.63. The molecule has 1 aliphatic heterocycles. The van der Waals surface area contributed by atoms with Crippen LogP contribution in [0, 0.1) is 0 Å². The monoisotopic (exact) mass is 541 g/mol. The number of amides is 2. The average molecular weight is 542 g/mol. The van der Waals surface area contributed by atoms with Crippen LogP contribution in [0.2, 0.25) is 0 Å². The number of halogens is 1. The number of rotatable bonds is 9. The van der Waals surface area contributed by atoms with Gasteiger partial charge in [0.25, 0.3) is 5.91 Å². The Labute approximate surface area is 214 Å². The number of nitrogens with one attached hydrogen (secondary N) is 1. The van der Waals surface area contributed by atoms with Crippen LogP contribution in [0.15, 0.2) is 53.0 Å². The van der Waals surface area contributed by atoms with E-state index in [0.29, 0.717) is 37.6 Å². The van der Waals surface area contributed by atoms with Crippen LogP contribution in [0.3, 0.4) is 0 Å². The van der Waals surface area contributed by atoms with Crippen molar-refractivity contribution in [1.29, 1.82) is 0 Å². The lowest BCUT2D eigenvalue weighted by Gasteiger charge is -2.44. The fourth-order valence-corrected chi connectivity index (χ4v) is 4.99. The fraction of sp³-hybridized carbons (Fsp3) is 0.407.